The molecule has 0 bridgehead atoms. The predicted molar refractivity (Wildman–Crippen MR) is 111 cm³/mol. The lowest BCUT2D eigenvalue weighted by Crippen LogP contribution is -2.52. The fourth-order valence-electron chi connectivity index (χ4n) is 3.46. The molecule has 1 aliphatic rings. The molecule has 3 heterocycles. The first-order chi connectivity index (χ1) is 14.5. The summed E-state index contributed by atoms with van der Waals surface area (Å²) in [6.45, 7) is 9.56. The lowest BCUT2D eigenvalue weighted by molar-refractivity contribution is -0.121. The highest BCUT2D eigenvalue weighted by Crippen LogP contribution is 2.18. The number of nitrogens with one attached hydrogen (secondary N) is 1. The minimum absolute atomic E-state index is 0.0867. The fourth-order valence-corrected chi connectivity index (χ4v) is 3.46. The number of piperazine rings is 1. The molecule has 1 atom stereocenters. The van der Waals surface area contributed by atoms with Gasteiger partial charge in [-0.3, -0.25) is 14.6 Å². The van der Waals surface area contributed by atoms with Gasteiger partial charge in [0.25, 0.3) is 0 Å². The number of carbonyl (C=O) groups is 1. The molecule has 9 heteroatoms. The van der Waals surface area contributed by atoms with Crippen LogP contribution in [-0.2, 0) is 11.3 Å². The highest BCUT2D eigenvalue weighted by atomic mass is 16.5. The van der Waals surface area contributed by atoms with E-state index >= 15 is 0 Å². The number of nitrogens with zero attached hydrogens (tertiary/aromatic N) is 5. The summed E-state index contributed by atoms with van der Waals surface area (Å²) in [5, 5.41) is 10.7. The summed E-state index contributed by atoms with van der Waals surface area (Å²) in [7, 11) is 0. The number of rotatable bonds is 6. The molecule has 1 saturated heterocycles. The van der Waals surface area contributed by atoms with Gasteiger partial charge < -0.3 is 14.4 Å². The van der Waals surface area contributed by atoms with Gasteiger partial charge in [0.2, 0.25) is 17.6 Å². The summed E-state index contributed by atoms with van der Waals surface area (Å²) in [6, 6.07) is 9.51. The molecule has 1 N–H and O–H groups in total. The van der Waals surface area contributed by atoms with Crippen LogP contribution in [0.15, 0.2) is 39.4 Å². The molecule has 4 rings (SSSR count). The Morgan fingerprint density at radius 3 is 2.50 bits per heavy atom. The number of hydrogen-bond acceptors (Lipinski definition) is 8. The third-order valence-electron chi connectivity index (χ3n) is 5.35. The van der Waals surface area contributed by atoms with Crippen molar-refractivity contribution < 1.29 is 13.8 Å². The first-order valence-corrected chi connectivity index (χ1v) is 10.1. The molecule has 3 aromatic rings. The van der Waals surface area contributed by atoms with Crippen molar-refractivity contribution in [2.24, 2.45) is 0 Å². The van der Waals surface area contributed by atoms with Crippen molar-refractivity contribution in [1.29, 1.82) is 0 Å². The van der Waals surface area contributed by atoms with Gasteiger partial charge in [-0.2, -0.15) is 4.98 Å². The molecule has 0 saturated carbocycles. The van der Waals surface area contributed by atoms with Gasteiger partial charge in [-0.05, 0) is 20.8 Å². The van der Waals surface area contributed by atoms with Crippen molar-refractivity contribution in [3.63, 3.8) is 0 Å². The largest absolute Gasteiger partial charge is 0.360 e. The van der Waals surface area contributed by atoms with Crippen LogP contribution in [0.4, 0.5) is 5.82 Å². The van der Waals surface area contributed by atoms with Crippen LogP contribution in [0.2, 0.25) is 0 Å². The highest BCUT2D eigenvalue weighted by Gasteiger charge is 2.27. The number of anilines is 1. The van der Waals surface area contributed by atoms with Crippen molar-refractivity contribution in [3.8, 4) is 11.4 Å². The van der Waals surface area contributed by atoms with Crippen molar-refractivity contribution in [2.75, 3.05) is 31.5 Å². The number of carbonyl (C=O) groups excluding carboxylic acids is 1. The maximum atomic E-state index is 12.5. The summed E-state index contributed by atoms with van der Waals surface area (Å²) < 4.78 is 10.4. The normalized spacial score (nSPS) is 16.5. The van der Waals surface area contributed by atoms with Crippen molar-refractivity contribution in [2.45, 2.75) is 33.4 Å². The Morgan fingerprint density at radius 2 is 1.83 bits per heavy atom. The molecule has 30 heavy (non-hydrogen) atoms. The van der Waals surface area contributed by atoms with Gasteiger partial charge in [0.1, 0.15) is 5.76 Å². The van der Waals surface area contributed by atoms with Crippen LogP contribution in [0.3, 0.4) is 0 Å². The maximum absolute atomic E-state index is 12.5. The maximum Gasteiger partial charge on any atom is 0.242 e. The smallest absolute Gasteiger partial charge is 0.242 e. The minimum Gasteiger partial charge on any atom is -0.360 e. The number of aromatic nitrogens is 3. The van der Waals surface area contributed by atoms with Gasteiger partial charge in [-0.15, -0.1) is 0 Å². The van der Waals surface area contributed by atoms with Crippen molar-refractivity contribution >= 4 is 11.7 Å². The molecule has 1 amide bonds. The molecule has 158 valence electrons. The summed E-state index contributed by atoms with van der Waals surface area (Å²) in [4.78, 5) is 21.4. The van der Waals surface area contributed by atoms with Gasteiger partial charge in [0.15, 0.2) is 5.82 Å². The lowest BCUT2D eigenvalue weighted by atomic mass is 10.1. The standard InChI is InChI=1S/C21H26N6O3/c1-14-4-6-17(7-5-14)20-23-19(30-25-20)13-26-8-10-27(11-9-26)16(3)21(28)22-18-12-15(2)29-24-18/h4-7,12,16H,8-11,13H2,1-3H3,(H,22,24,28). The van der Waals surface area contributed by atoms with Gasteiger partial charge >= 0.3 is 0 Å². The van der Waals surface area contributed by atoms with E-state index in [-0.39, 0.29) is 11.9 Å². The Kier molecular flexibility index (Phi) is 5.91. The topological polar surface area (TPSA) is 101 Å². The Balaban J connectivity index is 1.27. The molecule has 1 fully saturated rings. The van der Waals surface area contributed by atoms with Crippen molar-refractivity contribution in [1.82, 2.24) is 25.1 Å². The number of benzene rings is 1. The Hall–Kier alpha value is -3.04. The Labute approximate surface area is 175 Å². The third-order valence-corrected chi connectivity index (χ3v) is 5.35. The van der Waals surface area contributed by atoms with E-state index in [1.807, 2.05) is 38.1 Å². The number of amides is 1. The van der Waals surface area contributed by atoms with E-state index in [1.54, 1.807) is 13.0 Å². The molecular weight excluding hydrogens is 384 g/mol. The predicted octanol–water partition coefficient (Wildman–Crippen LogP) is 2.49. The molecule has 1 aliphatic heterocycles. The van der Waals surface area contributed by atoms with Crippen LogP contribution in [0.5, 0.6) is 0 Å². The second-order valence-electron chi connectivity index (χ2n) is 7.68. The number of hydrogen-bond donors (Lipinski definition) is 1. The molecule has 9 nitrogen and oxygen atoms in total. The number of aryl methyl sites for hydroxylation is 2. The summed E-state index contributed by atoms with van der Waals surface area (Å²) >= 11 is 0. The van der Waals surface area contributed by atoms with Crippen LogP contribution in [0, 0.1) is 13.8 Å². The average Bonchev–Trinajstić information content (AvgIpc) is 3.37. The zero-order valence-electron chi connectivity index (χ0n) is 17.5. The van der Waals surface area contributed by atoms with Crippen LogP contribution >= 0.6 is 0 Å². The van der Waals surface area contributed by atoms with E-state index in [0.717, 1.165) is 31.7 Å². The molecule has 0 aliphatic carbocycles. The van der Waals surface area contributed by atoms with E-state index in [4.69, 9.17) is 9.05 Å². The molecule has 2 aromatic heterocycles. The Morgan fingerprint density at radius 1 is 1.10 bits per heavy atom. The molecule has 1 aromatic carbocycles. The summed E-state index contributed by atoms with van der Waals surface area (Å²) in [6.07, 6.45) is 0. The molecule has 0 radical (unpaired) electrons. The van der Waals surface area contributed by atoms with Gasteiger partial charge in [0, 0.05) is 37.8 Å². The SMILES string of the molecule is Cc1ccc(-c2noc(CN3CCN(C(C)C(=O)Nc4cc(C)on4)CC3)n2)cc1. The quantitative estimate of drug-likeness (QED) is 0.662. The van der Waals surface area contributed by atoms with Crippen LogP contribution < -0.4 is 5.32 Å². The highest BCUT2D eigenvalue weighted by molar-refractivity contribution is 5.93. The van der Waals surface area contributed by atoms with Crippen LogP contribution in [0.1, 0.15) is 24.1 Å². The van der Waals surface area contributed by atoms with E-state index in [1.165, 1.54) is 5.56 Å². The van der Waals surface area contributed by atoms with E-state index in [2.05, 4.69) is 30.4 Å². The third kappa shape index (κ3) is 4.74. The second kappa shape index (κ2) is 8.76. The zero-order valence-corrected chi connectivity index (χ0v) is 17.5. The summed E-state index contributed by atoms with van der Waals surface area (Å²) in [5.41, 5.74) is 2.14. The minimum atomic E-state index is -0.249. The Bertz CT molecular complexity index is 988. The van der Waals surface area contributed by atoms with E-state index in [0.29, 0.717) is 29.8 Å². The lowest BCUT2D eigenvalue weighted by Gasteiger charge is -2.36. The monoisotopic (exact) mass is 410 g/mol. The zero-order chi connectivity index (χ0) is 21.1. The fraction of sp³-hybridized carbons (Fsp3) is 0.429. The van der Waals surface area contributed by atoms with E-state index in [9.17, 15) is 4.79 Å². The first-order valence-electron chi connectivity index (χ1n) is 10.1. The van der Waals surface area contributed by atoms with Gasteiger partial charge in [-0.1, -0.05) is 40.1 Å². The molecular formula is C21H26N6O3. The second-order valence-corrected chi connectivity index (χ2v) is 7.68. The van der Waals surface area contributed by atoms with Crippen LogP contribution in [-0.4, -0.2) is 63.2 Å². The van der Waals surface area contributed by atoms with Gasteiger partial charge in [0.05, 0.1) is 12.6 Å². The average molecular weight is 410 g/mol. The first kappa shape index (κ1) is 20.2. The van der Waals surface area contributed by atoms with Gasteiger partial charge in [-0.25, -0.2) is 0 Å². The molecule has 1 unspecified atom stereocenters. The van der Waals surface area contributed by atoms with Crippen molar-refractivity contribution in [3.05, 3.63) is 47.5 Å². The molecule has 0 spiro atoms. The van der Waals surface area contributed by atoms with E-state index < -0.39 is 0 Å². The van der Waals surface area contributed by atoms with Crippen LogP contribution in [0.25, 0.3) is 11.4 Å². The summed E-state index contributed by atoms with van der Waals surface area (Å²) in [5.74, 6) is 2.24.